The Labute approximate surface area is 118 Å². The third kappa shape index (κ3) is 2.38. The Balaban J connectivity index is 1.95. The molecule has 0 unspecified atom stereocenters. The number of nitrogens with two attached hydrogens (primary N) is 1. The minimum absolute atomic E-state index is 0.652. The first-order valence-electron chi connectivity index (χ1n) is 7.03. The van der Waals surface area contributed by atoms with E-state index >= 15 is 0 Å². The molecule has 2 heterocycles. The number of imidazole rings is 1. The quantitative estimate of drug-likeness (QED) is 0.653. The molecular formula is C14H20N6. The van der Waals surface area contributed by atoms with Gasteiger partial charge in [0.25, 0.3) is 0 Å². The second-order valence-corrected chi connectivity index (χ2v) is 5.30. The van der Waals surface area contributed by atoms with Crippen LogP contribution in [0.1, 0.15) is 41.6 Å². The Kier molecular flexibility index (Phi) is 3.40. The fourth-order valence-corrected chi connectivity index (χ4v) is 2.86. The zero-order chi connectivity index (χ0) is 14.1. The van der Waals surface area contributed by atoms with Gasteiger partial charge in [0.2, 0.25) is 0 Å². The Morgan fingerprint density at radius 1 is 1.20 bits per heavy atom. The number of nitrogens with zero attached hydrogens (tertiary/aromatic N) is 4. The normalized spacial score (nSPS) is 14.2. The van der Waals surface area contributed by atoms with Gasteiger partial charge in [-0.05, 0) is 39.5 Å². The van der Waals surface area contributed by atoms with E-state index in [2.05, 4.69) is 31.9 Å². The molecule has 0 radical (unpaired) electrons. The molecule has 0 spiro atoms. The number of nitrogens with one attached hydrogen (secondary N) is 1. The second kappa shape index (κ2) is 5.20. The molecule has 0 atom stereocenters. The summed E-state index contributed by atoms with van der Waals surface area (Å²) in [7, 11) is 0. The van der Waals surface area contributed by atoms with Crippen molar-refractivity contribution in [3.63, 3.8) is 0 Å². The van der Waals surface area contributed by atoms with Crippen molar-refractivity contribution >= 4 is 5.82 Å². The van der Waals surface area contributed by atoms with Crippen LogP contribution in [0.5, 0.6) is 0 Å². The van der Waals surface area contributed by atoms with Gasteiger partial charge < -0.3 is 9.99 Å². The first-order valence-corrected chi connectivity index (χ1v) is 7.03. The summed E-state index contributed by atoms with van der Waals surface area (Å²) in [6, 6.07) is 1.83. The summed E-state index contributed by atoms with van der Waals surface area (Å²) in [4.78, 5) is 13.6. The van der Waals surface area contributed by atoms with Gasteiger partial charge in [-0.3, -0.25) is 0 Å². The number of hydrogen-bond acceptors (Lipinski definition) is 5. The molecule has 2 aromatic heterocycles. The van der Waals surface area contributed by atoms with E-state index in [4.69, 9.17) is 5.84 Å². The highest BCUT2D eigenvalue weighted by molar-refractivity contribution is 5.34. The van der Waals surface area contributed by atoms with E-state index in [1.165, 1.54) is 24.2 Å². The maximum absolute atomic E-state index is 5.44. The van der Waals surface area contributed by atoms with Crippen molar-refractivity contribution < 1.29 is 0 Å². The fourth-order valence-electron chi connectivity index (χ4n) is 2.86. The number of aryl methyl sites for hydroxylation is 3. The Bertz CT molecular complexity index is 631. The molecule has 6 nitrogen and oxygen atoms in total. The number of hydrazine groups is 1. The van der Waals surface area contributed by atoms with Gasteiger partial charge >= 0.3 is 0 Å². The summed E-state index contributed by atoms with van der Waals surface area (Å²) in [6.45, 7) is 4.66. The lowest BCUT2D eigenvalue weighted by atomic mass is 10.0. The van der Waals surface area contributed by atoms with Crippen LogP contribution in [0.4, 0.5) is 5.82 Å². The first-order chi connectivity index (χ1) is 9.67. The number of fused-ring (bicyclic) bond motifs is 1. The van der Waals surface area contributed by atoms with E-state index in [-0.39, 0.29) is 0 Å². The molecule has 0 aliphatic heterocycles. The smallest absolute Gasteiger partial charge is 0.150 e. The van der Waals surface area contributed by atoms with Crippen molar-refractivity contribution in [3.8, 4) is 0 Å². The van der Waals surface area contributed by atoms with Gasteiger partial charge in [-0.25, -0.2) is 20.8 Å². The van der Waals surface area contributed by atoms with Gasteiger partial charge in [0.1, 0.15) is 11.6 Å². The van der Waals surface area contributed by atoms with Gasteiger partial charge in [0, 0.05) is 17.5 Å². The van der Waals surface area contributed by atoms with E-state index in [9.17, 15) is 0 Å². The lowest BCUT2D eigenvalue weighted by Gasteiger charge is -2.14. The van der Waals surface area contributed by atoms with Crippen LogP contribution in [0.3, 0.4) is 0 Å². The molecule has 3 rings (SSSR count). The molecule has 0 aromatic carbocycles. The SMILES string of the molecule is Cc1cc(NN)nc(Cn2c(C)nc3c2CCCC3)n1. The molecule has 1 aliphatic rings. The molecule has 0 amide bonds. The average molecular weight is 272 g/mol. The molecule has 0 saturated heterocycles. The van der Waals surface area contributed by atoms with Crippen LogP contribution in [-0.4, -0.2) is 19.5 Å². The highest BCUT2D eigenvalue weighted by atomic mass is 15.3. The maximum atomic E-state index is 5.44. The summed E-state index contributed by atoms with van der Waals surface area (Å²) in [6.07, 6.45) is 4.67. The van der Waals surface area contributed by atoms with Crippen LogP contribution < -0.4 is 11.3 Å². The van der Waals surface area contributed by atoms with E-state index in [1.54, 1.807) is 0 Å². The number of rotatable bonds is 3. The van der Waals surface area contributed by atoms with Crippen molar-refractivity contribution in [1.29, 1.82) is 0 Å². The van der Waals surface area contributed by atoms with Crippen molar-refractivity contribution in [1.82, 2.24) is 19.5 Å². The summed E-state index contributed by atoms with van der Waals surface area (Å²) in [5, 5.41) is 0. The number of hydrogen-bond donors (Lipinski definition) is 2. The molecule has 0 fully saturated rings. The highest BCUT2D eigenvalue weighted by Gasteiger charge is 2.18. The number of nitrogen functional groups attached to an aromatic ring is 1. The van der Waals surface area contributed by atoms with Gasteiger partial charge in [0.15, 0.2) is 5.82 Å². The van der Waals surface area contributed by atoms with Crippen molar-refractivity contribution in [2.75, 3.05) is 5.43 Å². The van der Waals surface area contributed by atoms with Crippen LogP contribution in [0.2, 0.25) is 0 Å². The molecule has 20 heavy (non-hydrogen) atoms. The van der Waals surface area contributed by atoms with E-state index in [0.29, 0.717) is 12.4 Å². The third-order valence-corrected chi connectivity index (χ3v) is 3.77. The van der Waals surface area contributed by atoms with Crippen LogP contribution in [0.15, 0.2) is 6.07 Å². The molecule has 1 aliphatic carbocycles. The van der Waals surface area contributed by atoms with E-state index < -0.39 is 0 Å². The maximum Gasteiger partial charge on any atom is 0.150 e. The van der Waals surface area contributed by atoms with Gasteiger partial charge in [0.05, 0.1) is 12.2 Å². The molecule has 6 heteroatoms. The molecular weight excluding hydrogens is 252 g/mol. The Morgan fingerprint density at radius 3 is 2.80 bits per heavy atom. The van der Waals surface area contributed by atoms with Crippen LogP contribution in [-0.2, 0) is 19.4 Å². The zero-order valence-electron chi connectivity index (χ0n) is 12.0. The Hall–Kier alpha value is -1.95. The van der Waals surface area contributed by atoms with Gasteiger partial charge in [-0.15, -0.1) is 0 Å². The largest absolute Gasteiger partial charge is 0.324 e. The summed E-state index contributed by atoms with van der Waals surface area (Å²) < 4.78 is 2.24. The van der Waals surface area contributed by atoms with E-state index in [0.717, 1.165) is 30.2 Å². The predicted molar refractivity (Wildman–Crippen MR) is 77.3 cm³/mol. The van der Waals surface area contributed by atoms with Gasteiger partial charge in [-0.2, -0.15) is 0 Å². The van der Waals surface area contributed by atoms with Crippen LogP contribution in [0, 0.1) is 13.8 Å². The number of anilines is 1. The predicted octanol–water partition coefficient (Wildman–Crippen LogP) is 1.50. The average Bonchev–Trinajstić information content (AvgIpc) is 2.75. The highest BCUT2D eigenvalue weighted by Crippen LogP contribution is 2.22. The van der Waals surface area contributed by atoms with Crippen molar-refractivity contribution in [3.05, 3.63) is 34.8 Å². The number of aromatic nitrogens is 4. The summed E-state index contributed by atoms with van der Waals surface area (Å²) in [5.74, 6) is 7.91. The minimum Gasteiger partial charge on any atom is -0.324 e. The molecule has 0 bridgehead atoms. The van der Waals surface area contributed by atoms with Crippen LogP contribution >= 0.6 is 0 Å². The standard InChI is InChI=1S/C14H20N6/c1-9-7-13(19-15)18-14(16-9)8-20-10(2)17-11-5-3-4-6-12(11)20/h7H,3-6,8,15H2,1-2H3,(H,16,18,19). The monoisotopic (exact) mass is 272 g/mol. The van der Waals surface area contributed by atoms with Crippen molar-refractivity contribution in [2.45, 2.75) is 46.1 Å². The van der Waals surface area contributed by atoms with Crippen molar-refractivity contribution in [2.24, 2.45) is 5.84 Å². The lowest BCUT2D eigenvalue weighted by molar-refractivity contribution is 0.614. The molecule has 3 N–H and O–H groups in total. The van der Waals surface area contributed by atoms with E-state index in [1.807, 2.05) is 13.0 Å². The van der Waals surface area contributed by atoms with Crippen LogP contribution in [0.25, 0.3) is 0 Å². The third-order valence-electron chi connectivity index (χ3n) is 3.77. The lowest BCUT2D eigenvalue weighted by Crippen LogP contribution is -2.15. The first kappa shape index (κ1) is 13.1. The topological polar surface area (TPSA) is 81.6 Å². The molecule has 2 aromatic rings. The summed E-state index contributed by atoms with van der Waals surface area (Å²) in [5.41, 5.74) is 6.10. The molecule has 106 valence electrons. The zero-order valence-corrected chi connectivity index (χ0v) is 12.0. The fraction of sp³-hybridized carbons (Fsp3) is 0.500. The Morgan fingerprint density at radius 2 is 2.00 bits per heavy atom. The summed E-state index contributed by atoms with van der Waals surface area (Å²) >= 11 is 0. The molecule has 0 saturated carbocycles. The minimum atomic E-state index is 0.652. The van der Waals surface area contributed by atoms with Gasteiger partial charge in [-0.1, -0.05) is 0 Å². The second-order valence-electron chi connectivity index (χ2n) is 5.30.